The number of nitrogens with one attached hydrogen (secondary N) is 1. The lowest BCUT2D eigenvalue weighted by atomic mass is 9.73. The van der Waals surface area contributed by atoms with Gasteiger partial charge < -0.3 is 10.4 Å². The van der Waals surface area contributed by atoms with Gasteiger partial charge in [-0.2, -0.15) is 0 Å². The van der Waals surface area contributed by atoms with E-state index in [-0.39, 0.29) is 11.7 Å². The molecule has 0 unspecified atom stereocenters. The van der Waals surface area contributed by atoms with Crippen molar-refractivity contribution < 1.29 is 9.90 Å². The Bertz CT molecular complexity index is 711. The van der Waals surface area contributed by atoms with E-state index in [0.29, 0.717) is 11.5 Å². The molecule has 0 radical (unpaired) electrons. The number of amides is 1. The number of hydrogen-bond donors (Lipinski definition) is 2. The van der Waals surface area contributed by atoms with Crippen LogP contribution in [0.1, 0.15) is 80.5 Å². The van der Waals surface area contributed by atoms with Gasteiger partial charge in [-0.3, -0.25) is 4.79 Å². The van der Waals surface area contributed by atoms with Gasteiger partial charge in [-0.05, 0) is 56.2 Å². The third-order valence-electron chi connectivity index (χ3n) is 6.27. The van der Waals surface area contributed by atoms with Crippen LogP contribution in [0, 0.1) is 26.7 Å². The molecule has 1 amide bonds. The lowest BCUT2D eigenvalue weighted by Gasteiger charge is -2.38. The first-order valence-corrected chi connectivity index (χ1v) is 10.2. The maximum atomic E-state index is 12.9. The molecule has 1 aliphatic carbocycles. The predicted molar refractivity (Wildman–Crippen MR) is 107 cm³/mol. The molecule has 0 saturated heterocycles. The third kappa shape index (κ3) is 3.41. The zero-order chi connectivity index (χ0) is 18.9. The Hall–Kier alpha value is -1.77. The molecule has 2 atom stereocenters. The number of hydrogen-bond acceptors (Lipinski definition) is 2. The maximum Gasteiger partial charge on any atom is 0.256 e. The lowest BCUT2D eigenvalue weighted by molar-refractivity contribution is -0.116. The molecule has 0 aromatic heterocycles. The number of aryl methyl sites for hydroxylation is 3. The van der Waals surface area contributed by atoms with Crippen LogP contribution in [0.4, 0.5) is 0 Å². The lowest BCUT2D eigenvalue weighted by Crippen LogP contribution is -2.48. The van der Waals surface area contributed by atoms with Crippen molar-refractivity contribution in [3.8, 4) is 0 Å². The van der Waals surface area contributed by atoms with Crippen LogP contribution in [-0.4, -0.2) is 16.6 Å². The van der Waals surface area contributed by atoms with Gasteiger partial charge in [0, 0.05) is 0 Å². The van der Waals surface area contributed by atoms with Crippen molar-refractivity contribution in [1.29, 1.82) is 0 Å². The van der Waals surface area contributed by atoms with E-state index in [1.165, 1.54) is 37.7 Å². The highest BCUT2D eigenvalue weighted by Crippen LogP contribution is 2.45. The molecule has 3 nitrogen and oxygen atoms in total. The van der Waals surface area contributed by atoms with E-state index in [9.17, 15) is 9.90 Å². The summed E-state index contributed by atoms with van der Waals surface area (Å²) in [6, 6.07) is 4.19. The number of carbonyl (C=O) groups is 1. The number of benzene rings is 1. The van der Waals surface area contributed by atoms with Gasteiger partial charge in [-0.15, -0.1) is 0 Å². The van der Waals surface area contributed by atoms with Gasteiger partial charge in [0.2, 0.25) is 0 Å². The van der Waals surface area contributed by atoms with Crippen molar-refractivity contribution in [3.63, 3.8) is 0 Å². The highest BCUT2D eigenvalue weighted by molar-refractivity contribution is 6.24. The fourth-order valence-electron chi connectivity index (χ4n) is 5.14. The Morgan fingerprint density at radius 3 is 2.54 bits per heavy atom. The van der Waals surface area contributed by atoms with Crippen molar-refractivity contribution in [2.75, 3.05) is 0 Å². The SMILES string of the molecule is CCCCC[C@H]1CCC[C@]2(C1)NC(=O)C(c1c(C)cc(C)cc1C)=C2O. The Kier molecular flexibility index (Phi) is 5.45. The highest BCUT2D eigenvalue weighted by atomic mass is 16.3. The van der Waals surface area contributed by atoms with Crippen LogP contribution >= 0.6 is 0 Å². The molecule has 0 bridgehead atoms. The molecular formula is C23H33NO2. The van der Waals surface area contributed by atoms with E-state index >= 15 is 0 Å². The Balaban J connectivity index is 1.93. The normalized spacial score (nSPS) is 25.8. The molecule has 1 aliphatic heterocycles. The molecule has 1 spiro atoms. The van der Waals surface area contributed by atoms with Crippen LogP contribution in [0.3, 0.4) is 0 Å². The number of rotatable bonds is 5. The topological polar surface area (TPSA) is 49.3 Å². The quantitative estimate of drug-likeness (QED) is 0.683. The second kappa shape index (κ2) is 7.46. The summed E-state index contributed by atoms with van der Waals surface area (Å²) in [5, 5.41) is 14.4. The largest absolute Gasteiger partial charge is 0.509 e. The molecule has 1 fully saturated rings. The number of unbranched alkanes of at least 4 members (excludes halogenated alkanes) is 2. The van der Waals surface area contributed by atoms with Crippen LogP contribution in [-0.2, 0) is 4.79 Å². The monoisotopic (exact) mass is 355 g/mol. The zero-order valence-electron chi connectivity index (χ0n) is 16.7. The Morgan fingerprint density at radius 2 is 1.88 bits per heavy atom. The minimum absolute atomic E-state index is 0.105. The van der Waals surface area contributed by atoms with Crippen molar-refractivity contribution in [2.45, 2.75) is 84.6 Å². The summed E-state index contributed by atoms with van der Waals surface area (Å²) >= 11 is 0. The van der Waals surface area contributed by atoms with Gasteiger partial charge in [-0.1, -0.05) is 63.1 Å². The van der Waals surface area contributed by atoms with Crippen LogP contribution < -0.4 is 5.32 Å². The molecule has 1 aromatic rings. The van der Waals surface area contributed by atoms with Gasteiger partial charge in [0.15, 0.2) is 0 Å². The highest BCUT2D eigenvalue weighted by Gasteiger charge is 2.48. The van der Waals surface area contributed by atoms with E-state index in [2.05, 4.69) is 31.3 Å². The van der Waals surface area contributed by atoms with Gasteiger partial charge in [0.1, 0.15) is 5.76 Å². The Labute approximate surface area is 157 Å². The third-order valence-corrected chi connectivity index (χ3v) is 6.27. The first kappa shape index (κ1) is 19.0. The molecule has 2 N–H and O–H groups in total. The summed E-state index contributed by atoms with van der Waals surface area (Å²) in [5.41, 5.74) is 4.19. The average Bonchev–Trinajstić information content (AvgIpc) is 2.79. The van der Waals surface area contributed by atoms with Gasteiger partial charge in [0.25, 0.3) is 5.91 Å². The second-order valence-electron chi connectivity index (χ2n) is 8.49. The summed E-state index contributed by atoms with van der Waals surface area (Å²) in [6.07, 6.45) is 8.97. The fraction of sp³-hybridized carbons (Fsp3) is 0.609. The summed E-state index contributed by atoms with van der Waals surface area (Å²) in [7, 11) is 0. The summed E-state index contributed by atoms with van der Waals surface area (Å²) in [5.74, 6) is 0.779. The van der Waals surface area contributed by atoms with Crippen LogP contribution in [0.2, 0.25) is 0 Å². The van der Waals surface area contributed by atoms with Crippen molar-refractivity contribution in [1.82, 2.24) is 5.32 Å². The van der Waals surface area contributed by atoms with E-state index in [1.54, 1.807) is 0 Å². The van der Waals surface area contributed by atoms with Crippen molar-refractivity contribution >= 4 is 11.5 Å². The number of carbonyl (C=O) groups excluding carboxylic acids is 1. The van der Waals surface area contributed by atoms with Crippen molar-refractivity contribution in [3.05, 3.63) is 40.1 Å². The molecule has 1 saturated carbocycles. The standard InChI is InChI=1S/C23H33NO2/c1-5-6-7-9-18-10-8-11-23(14-18)21(25)20(22(26)24-23)19-16(3)12-15(2)13-17(19)4/h12-13,18,25H,5-11,14H2,1-4H3,(H,24,26)/t18-,23+/m0/s1. The molecule has 142 valence electrons. The minimum Gasteiger partial charge on any atom is -0.509 e. The molecule has 26 heavy (non-hydrogen) atoms. The van der Waals surface area contributed by atoms with Crippen LogP contribution in [0.15, 0.2) is 17.9 Å². The molecular weight excluding hydrogens is 322 g/mol. The predicted octanol–water partition coefficient (Wildman–Crippen LogP) is 5.52. The maximum absolute atomic E-state index is 12.9. The van der Waals surface area contributed by atoms with Crippen LogP contribution in [0.5, 0.6) is 0 Å². The molecule has 1 heterocycles. The summed E-state index contributed by atoms with van der Waals surface area (Å²) < 4.78 is 0. The Morgan fingerprint density at radius 1 is 1.19 bits per heavy atom. The smallest absolute Gasteiger partial charge is 0.256 e. The van der Waals surface area contributed by atoms with Gasteiger partial charge >= 0.3 is 0 Å². The van der Waals surface area contributed by atoms with E-state index in [0.717, 1.165) is 36.0 Å². The average molecular weight is 356 g/mol. The first-order chi connectivity index (χ1) is 12.4. The van der Waals surface area contributed by atoms with Gasteiger partial charge in [-0.25, -0.2) is 0 Å². The van der Waals surface area contributed by atoms with E-state index in [4.69, 9.17) is 0 Å². The first-order valence-electron chi connectivity index (χ1n) is 10.2. The molecule has 3 rings (SSSR count). The van der Waals surface area contributed by atoms with Crippen molar-refractivity contribution in [2.24, 2.45) is 5.92 Å². The number of aliphatic hydroxyl groups excluding tert-OH is 1. The number of aliphatic hydroxyl groups is 1. The minimum atomic E-state index is -0.536. The van der Waals surface area contributed by atoms with Crippen LogP contribution in [0.25, 0.3) is 5.57 Å². The fourth-order valence-corrected chi connectivity index (χ4v) is 5.14. The second-order valence-corrected chi connectivity index (χ2v) is 8.49. The molecule has 1 aromatic carbocycles. The van der Waals surface area contributed by atoms with Gasteiger partial charge in [0.05, 0.1) is 11.1 Å². The van der Waals surface area contributed by atoms with E-state index in [1.807, 2.05) is 13.8 Å². The molecule has 3 heteroatoms. The summed E-state index contributed by atoms with van der Waals surface area (Å²) in [6.45, 7) is 8.35. The summed E-state index contributed by atoms with van der Waals surface area (Å²) in [4.78, 5) is 12.9. The van der Waals surface area contributed by atoms with E-state index < -0.39 is 5.54 Å². The zero-order valence-corrected chi connectivity index (χ0v) is 16.7. The molecule has 2 aliphatic rings.